The van der Waals surface area contributed by atoms with E-state index in [2.05, 4.69) is 6.92 Å². The molecule has 0 spiro atoms. The van der Waals surface area contributed by atoms with Crippen molar-refractivity contribution in [2.75, 3.05) is 5.75 Å². The third-order valence-electron chi connectivity index (χ3n) is 2.30. The van der Waals surface area contributed by atoms with Gasteiger partial charge in [-0.05, 0) is 30.7 Å². The van der Waals surface area contributed by atoms with E-state index in [1.165, 1.54) is 12.1 Å². The average molecular weight is 240 g/mol. The van der Waals surface area contributed by atoms with Crippen molar-refractivity contribution in [1.29, 1.82) is 0 Å². The SMILES string of the molecule is CCCCCS(=O)c1ccc(C(=O)O)cc1. The van der Waals surface area contributed by atoms with Crippen molar-refractivity contribution in [2.24, 2.45) is 0 Å². The van der Waals surface area contributed by atoms with Crippen molar-refractivity contribution in [3.63, 3.8) is 0 Å². The topological polar surface area (TPSA) is 54.4 Å². The summed E-state index contributed by atoms with van der Waals surface area (Å²) in [7, 11) is -0.999. The zero-order valence-corrected chi connectivity index (χ0v) is 10.1. The van der Waals surface area contributed by atoms with Crippen molar-refractivity contribution in [3.8, 4) is 0 Å². The van der Waals surface area contributed by atoms with Crippen LogP contribution in [0.4, 0.5) is 0 Å². The van der Waals surface area contributed by atoms with Crippen LogP contribution in [0.5, 0.6) is 0 Å². The van der Waals surface area contributed by atoms with Gasteiger partial charge in [-0.1, -0.05) is 19.8 Å². The molecule has 88 valence electrons. The Hall–Kier alpha value is -1.16. The van der Waals surface area contributed by atoms with Crippen molar-refractivity contribution >= 4 is 16.8 Å². The molecule has 0 saturated heterocycles. The highest BCUT2D eigenvalue weighted by molar-refractivity contribution is 7.85. The Morgan fingerprint density at radius 1 is 1.25 bits per heavy atom. The number of carboxylic acids is 1. The molecule has 0 aliphatic heterocycles. The summed E-state index contributed by atoms with van der Waals surface area (Å²) in [4.78, 5) is 11.3. The van der Waals surface area contributed by atoms with Gasteiger partial charge in [-0.25, -0.2) is 4.79 Å². The van der Waals surface area contributed by atoms with Crippen LogP contribution >= 0.6 is 0 Å². The maximum absolute atomic E-state index is 11.8. The van der Waals surface area contributed by atoms with Crippen LogP contribution in [-0.4, -0.2) is 21.0 Å². The third-order valence-corrected chi connectivity index (χ3v) is 3.75. The van der Waals surface area contributed by atoms with Crippen LogP contribution in [0.25, 0.3) is 0 Å². The van der Waals surface area contributed by atoms with Gasteiger partial charge in [0, 0.05) is 10.6 Å². The fourth-order valence-corrected chi connectivity index (χ4v) is 2.49. The molecular formula is C12H16O3S. The van der Waals surface area contributed by atoms with Gasteiger partial charge in [0.05, 0.1) is 16.4 Å². The average Bonchev–Trinajstić information content (AvgIpc) is 2.29. The molecule has 0 aliphatic carbocycles. The first kappa shape index (κ1) is 12.9. The van der Waals surface area contributed by atoms with Gasteiger partial charge in [-0.3, -0.25) is 4.21 Å². The van der Waals surface area contributed by atoms with E-state index in [9.17, 15) is 9.00 Å². The Morgan fingerprint density at radius 2 is 1.88 bits per heavy atom. The van der Waals surface area contributed by atoms with E-state index in [0.717, 1.165) is 19.3 Å². The summed E-state index contributed by atoms with van der Waals surface area (Å²) in [5.74, 6) is -0.302. The summed E-state index contributed by atoms with van der Waals surface area (Å²) in [6, 6.07) is 6.25. The molecule has 0 saturated carbocycles. The quantitative estimate of drug-likeness (QED) is 0.778. The van der Waals surface area contributed by atoms with E-state index in [0.29, 0.717) is 10.6 Å². The maximum Gasteiger partial charge on any atom is 0.335 e. The number of hydrogen-bond donors (Lipinski definition) is 1. The molecule has 0 amide bonds. The molecule has 1 aromatic rings. The molecule has 3 nitrogen and oxygen atoms in total. The van der Waals surface area contributed by atoms with E-state index in [4.69, 9.17) is 5.11 Å². The van der Waals surface area contributed by atoms with Crippen LogP contribution in [0.1, 0.15) is 36.5 Å². The van der Waals surface area contributed by atoms with Crippen LogP contribution < -0.4 is 0 Å². The number of aromatic carboxylic acids is 1. The Kier molecular flexibility index (Phi) is 5.19. The molecule has 1 aromatic carbocycles. The minimum absolute atomic E-state index is 0.231. The van der Waals surface area contributed by atoms with Crippen LogP contribution in [0.3, 0.4) is 0 Å². The second-order valence-corrected chi connectivity index (χ2v) is 5.16. The smallest absolute Gasteiger partial charge is 0.335 e. The first-order chi connectivity index (χ1) is 7.65. The molecule has 0 fully saturated rings. The Balaban J connectivity index is 2.59. The highest BCUT2D eigenvalue weighted by Crippen LogP contribution is 2.11. The summed E-state index contributed by atoms with van der Waals surface area (Å²) in [5, 5.41) is 8.71. The van der Waals surface area contributed by atoms with E-state index < -0.39 is 16.8 Å². The molecule has 0 heterocycles. The highest BCUT2D eigenvalue weighted by Gasteiger charge is 2.06. The molecule has 1 unspecified atom stereocenters. The zero-order chi connectivity index (χ0) is 12.0. The van der Waals surface area contributed by atoms with Gasteiger partial charge >= 0.3 is 5.97 Å². The molecule has 1 atom stereocenters. The maximum atomic E-state index is 11.8. The summed E-state index contributed by atoms with van der Waals surface area (Å²) in [6.07, 6.45) is 3.14. The predicted molar refractivity (Wildman–Crippen MR) is 64.2 cm³/mol. The highest BCUT2D eigenvalue weighted by atomic mass is 32.2. The molecule has 4 heteroatoms. The van der Waals surface area contributed by atoms with Crippen molar-refractivity contribution < 1.29 is 14.1 Å². The Morgan fingerprint density at radius 3 is 2.38 bits per heavy atom. The van der Waals surface area contributed by atoms with E-state index in [1.807, 2.05) is 0 Å². The Bertz CT molecular complexity index is 370. The van der Waals surface area contributed by atoms with E-state index in [-0.39, 0.29) is 5.56 Å². The van der Waals surface area contributed by atoms with Gasteiger partial charge in [0.1, 0.15) is 0 Å². The lowest BCUT2D eigenvalue weighted by molar-refractivity contribution is 0.0697. The zero-order valence-electron chi connectivity index (χ0n) is 9.31. The second kappa shape index (κ2) is 6.43. The predicted octanol–water partition coefficient (Wildman–Crippen LogP) is 2.68. The van der Waals surface area contributed by atoms with Crippen LogP contribution in [0, 0.1) is 0 Å². The fraction of sp³-hybridized carbons (Fsp3) is 0.417. The standard InChI is InChI=1S/C12H16O3S/c1-2-3-4-9-16(15)11-7-5-10(6-8-11)12(13)14/h5-8H,2-4,9H2,1H3,(H,13,14). The number of unbranched alkanes of at least 4 members (excludes halogenated alkanes) is 2. The molecule has 1 rings (SSSR count). The first-order valence-corrected chi connectivity index (χ1v) is 6.68. The number of hydrogen-bond acceptors (Lipinski definition) is 2. The summed E-state index contributed by atoms with van der Waals surface area (Å²) < 4.78 is 11.8. The second-order valence-electron chi connectivity index (χ2n) is 3.59. The monoisotopic (exact) mass is 240 g/mol. The van der Waals surface area contributed by atoms with Gasteiger partial charge < -0.3 is 5.11 Å². The molecule has 0 bridgehead atoms. The number of carboxylic acid groups (broad SMARTS) is 1. The van der Waals surface area contributed by atoms with Crippen molar-refractivity contribution in [3.05, 3.63) is 29.8 Å². The van der Waals surface area contributed by atoms with Crippen molar-refractivity contribution in [2.45, 2.75) is 31.1 Å². The summed E-state index contributed by atoms with van der Waals surface area (Å²) in [5.41, 5.74) is 0.231. The van der Waals surface area contributed by atoms with Gasteiger partial charge in [0.2, 0.25) is 0 Å². The normalized spacial score (nSPS) is 12.3. The summed E-state index contributed by atoms with van der Waals surface area (Å²) >= 11 is 0. The molecule has 1 N–H and O–H groups in total. The molecular weight excluding hydrogens is 224 g/mol. The van der Waals surface area contributed by atoms with Crippen LogP contribution in [0.15, 0.2) is 29.2 Å². The number of carbonyl (C=O) groups is 1. The lowest BCUT2D eigenvalue weighted by Gasteiger charge is -2.02. The van der Waals surface area contributed by atoms with E-state index in [1.54, 1.807) is 12.1 Å². The van der Waals surface area contributed by atoms with Crippen LogP contribution in [0.2, 0.25) is 0 Å². The van der Waals surface area contributed by atoms with Gasteiger partial charge in [0.25, 0.3) is 0 Å². The molecule has 0 aliphatic rings. The molecule has 0 radical (unpaired) electrons. The van der Waals surface area contributed by atoms with Gasteiger partial charge in [-0.2, -0.15) is 0 Å². The molecule has 16 heavy (non-hydrogen) atoms. The lowest BCUT2D eigenvalue weighted by atomic mass is 10.2. The number of rotatable bonds is 6. The summed E-state index contributed by atoms with van der Waals surface area (Å²) in [6.45, 7) is 2.10. The van der Waals surface area contributed by atoms with Crippen LogP contribution in [-0.2, 0) is 10.8 Å². The minimum Gasteiger partial charge on any atom is -0.478 e. The van der Waals surface area contributed by atoms with E-state index >= 15 is 0 Å². The first-order valence-electron chi connectivity index (χ1n) is 5.37. The minimum atomic E-state index is -0.999. The third kappa shape index (κ3) is 3.77. The van der Waals surface area contributed by atoms with Gasteiger partial charge in [0.15, 0.2) is 0 Å². The largest absolute Gasteiger partial charge is 0.478 e. The van der Waals surface area contributed by atoms with Crippen molar-refractivity contribution in [1.82, 2.24) is 0 Å². The van der Waals surface area contributed by atoms with Gasteiger partial charge in [-0.15, -0.1) is 0 Å². The number of benzene rings is 1. The molecule has 0 aromatic heterocycles. The fourth-order valence-electron chi connectivity index (χ4n) is 1.35. The lowest BCUT2D eigenvalue weighted by Crippen LogP contribution is -2.00. The Labute approximate surface area is 98.0 Å².